The molecular formula is C14H23NO2S. The Balaban J connectivity index is 2.84. The Morgan fingerprint density at radius 3 is 2.11 bits per heavy atom. The summed E-state index contributed by atoms with van der Waals surface area (Å²) in [5.41, 5.74) is 0.989. The highest BCUT2D eigenvalue weighted by atomic mass is 32.2. The highest BCUT2D eigenvalue weighted by Crippen LogP contribution is 2.21. The van der Waals surface area contributed by atoms with Gasteiger partial charge >= 0.3 is 0 Å². The summed E-state index contributed by atoms with van der Waals surface area (Å²) in [5, 5.41) is 3.42. The van der Waals surface area contributed by atoms with Gasteiger partial charge in [-0.15, -0.1) is 0 Å². The number of rotatable bonds is 6. The van der Waals surface area contributed by atoms with E-state index in [9.17, 15) is 8.42 Å². The molecule has 1 N–H and O–H groups in total. The monoisotopic (exact) mass is 269 g/mol. The molecule has 0 spiro atoms. The SMILES string of the molecule is CCCC(C)(C)Nc1ccc(S(=O)(=O)CC)cc1. The van der Waals surface area contributed by atoms with E-state index in [1.165, 1.54) is 0 Å². The Kier molecular flexibility index (Phi) is 4.79. The van der Waals surface area contributed by atoms with Gasteiger partial charge in [-0.1, -0.05) is 20.3 Å². The largest absolute Gasteiger partial charge is 0.380 e. The number of benzene rings is 1. The van der Waals surface area contributed by atoms with Crippen molar-refractivity contribution < 1.29 is 8.42 Å². The van der Waals surface area contributed by atoms with Crippen LogP contribution in [0.5, 0.6) is 0 Å². The zero-order chi connectivity index (χ0) is 13.8. The topological polar surface area (TPSA) is 46.2 Å². The minimum absolute atomic E-state index is 0.0277. The lowest BCUT2D eigenvalue weighted by Gasteiger charge is -2.27. The summed E-state index contributed by atoms with van der Waals surface area (Å²) < 4.78 is 23.4. The first-order valence-corrected chi connectivity index (χ1v) is 8.07. The van der Waals surface area contributed by atoms with Crippen molar-refractivity contribution in [1.29, 1.82) is 0 Å². The van der Waals surface area contributed by atoms with E-state index < -0.39 is 9.84 Å². The minimum Gasteiger partial charge on any atom is -0.380 e. The molecule has 0 saturated heterocycles. The number of anilines is 1. The standard InChI is InChI=1S/C14H23NO2S/c1-5-11-14(3,4)15-12-7-9-13(10-8-12)18(16,17)6-2/h7-10,15H,5-6,11H2,1-4H3. The normalized spacial score (nSPS) is 12.4. The molecule has 1 rings (SSSR count). The second-order valence-electron chi connectivity index (χ2n) is 5.19. The van der Waals surface area contributed by atoms with E-state index in [-0.39, 0.29) is 11.3 Å². The number of hydrogen-bond donors (Lipinski definition) is 1. The number of nitrogens with one attached hydrogen (secondary N) is 1. The molecule has 0 fully saturated rings. The molecule has 3 nitrogen and oxygen atoms in total. The molecule has 0 aliphatic carbocycles. The van der Waals surface area contributed by atoms with Crippen molar-refractivity contribution in [2.24, 2.45) is 0 Å². The van der Waals surface area contributed by atoms with Gasteiger partial charge in [-0.3, -0.25) is 0 Å². The summed E-state index contributed by atoms with van der Waals surface area (Å²) in [4.78, 5) is 0.392. The van der Waals surface area contributed by atoms with Crippen molar-refractivity contribution in [3.63, 3.8) is 0 Å². The van der Waals surface area contributed by atoms with E-state index in [4.69, 9.17) is 0 Å². The maximum Gasteiger partial charge on any atom is 0.178 e. The van der Waals surface area contributed by atoms with Gasteiger partial charge in [0.05, 0.1) is 10.6 Å². The fourth-order valence-corrected chi connectivity index (χ4v) is 2.87. The Bertz CT molecular complexity index is 475. The van der Waals surface area contributed by atoms with Crippen LogP contribution in [-0.2, 0) is 9.84 Å². The second kappa shape index (κ2) is 5.74. The van der Waals surface area contributed by atoms with E-state index in [2.05, 4.69) is 26.1 Å². The van der Waals surface area contributed by atoms with Crippen LogP contribution in [0.3, 0.4) is 0 Å². The Morgan fingerprint density at radius 1 is 1.11 bits per heavy atom. The summed E-state index contributed by atoms with van der Waals surface area (Å²) in [7, 11) is -3.10. The smallest absolute Gasteiger partial charge is 0.178 e. The molecule has 1 aromatic rings. The van der Waals surface area contributed by atoms with Crippen molar-refractivity contribution in [1.82, 2.24) is 0 Å². The van der Waals surface area contributed by atoms with Crippen LogP contribution in [0.1, 0.15) is 40.5 Å². The highest BCUT2D eigenvalue weighted by Gasteiger charge is 2.16. The molecule has 0 heterocycles. The third-order valence-corrected chi connectivity index (χ3v) is 4.70. The summed E-state index contributed by atoms with van der Waals surface area (Å²) in [6, 6.07) is 7.01. The lowest BCUT2D eigenvalue weighted by molar-refractivity contribution is 0.511. The molecule has 1 aromatic carbocycles. The van der Waals surface area contributed by atoms with Gasteiger partial charge in [0.25, 0.3) is 0 Å². The maximum absolute atomic E-state index is 11.7. The van der Waals surface area contributed by atoms with E-state index in [0.29, 0.717) is 4.90 Å². The molecule has 0 bridgehead atoms. The predicted octanol–water partition coefficient (Wildman–Crippen LogP) is 3.47. The van der Waals surface area contributed by atoms with Gasteiger partial charge in [0.1, 0.15) is 0 Å². The number of sulfone groups is 1. The minimum atomic E-state index is -3.10. The van der Waals surface area contributed by atoms with E-state index in [0.717, 1.165) is 18.5 Å². The van der Waals surface area contributed by atoms with Crippen molar-refractivity contribution in [2.45, 2.75) is 51.0 Å². The van der Waals surface area contributed by atoms with Crippen LogP contribution in [0.4, 0.5) is 5.69 Å². The molecule has 0 radical (unpaired) electrons. The maximum atomic E-state index is 11.7. The molecule has 0 amide bonds. The first-order valence-electron chi connectivity index (χ1n) is 6.42. The molecule has 4 heteroatoms. The fourth-order valence-electron chi connectivity index (χ4n) is 1.99. The fraction of sp³-hybridized carbons (Fsp3) is 0.571. The Labute approximate surface area is 111 Å². The number of hydrogen-bond acceptors (Lipinski definition) is 3. The highest BCUT2D eigenvalue weighted by molar-refractivity contribution is 7.91. The van der Waals surface area contributed by atoms with Crippen LogP contribution in [0.2, 0.25) is 0 Å². The summed E-state index contributed by atoms with van der Waals surface area (Å²) in [6.07, 6.45) is 2.18. The van der Waals surface area contributed by atoms with Crippen molar-refractivity contribution in [2.75, 3.05) is 11.1 Å². The van der Waals surface area contributed by atoms with Crippen LogP contribution < -0.4 is 5.32 Å². The molecular weight excluding hydrogens is 246 g/mol. The zero-order valence-corrected chi connectivity index (χ0v) is 12.5. The first-order chi connectivity index (χ1) is 8.30. The second-order valence-corrected chi connectivity index (χ2v) is 7.46. The van der Waals surface area contributed by atoms with Crippen molar-refractivity contribution in [3.05, 3.63) is 24.3 Å². The lowest BCUT2D eigenvalue weighted by Crippen LogP contribution is -2.30. The van der Waals surface area contributed by atoms with Crippen molar-refractivity contribution in [3.8, 4) is 0 Å². The van der Waals surface area contributed by atoms with Gasteiger partial charge in [-0.25, -0.2) is 8.42 Å². The van der Waals surface area contributed by atoms with Crippen LogP contribution >= 0.6 is 0 Å². The van der Waals surface area contributed by atoms with Gasteiger partial charge < -0.3 is 5.32 Å². The van der Waals surface area contributed by atoms with Gasteiger partial charge in [0.2, 0.25) is 0 Å². The Hall–Kier alpha value is -1.03. The molecule has 102 valence electrons. The summed E-state index contributed by atoms with van der Waals surface area (Å²) in [6.45, 7) is 8.10. The third kappa shape index (κ3) is 4.02. The van der Waals surface area contributed by atoms with E-state index in [1.807, 2.05) is 12.1 Å². The van der Waals surface area contributed by atoms with Crippen LogP contribution in [0.25, 0.3) is 0 Å². The first kappa shape index (κ1) is 15.0. The molecule has 0 aliphatic heterocycles. The molecule has 0 aliphatic rings. The van der Waals surface area contributed by atoms with Crippen molar-refractivity contribution >= 4 is 15.5 Å². The zero-order valence-electron chi connectivity index (χ0n) is 11.7. The average Bonchev–Trinajstić information content (AvgIpc) is 2.29. The van der Waals surface area contributed by atoms with Crippen LogP contribution in [-0.4, -0.2) is 19.7 Å². The van der Waals surface area contributed by atoms with E-state index >= 15 is 0 Å². The lowest BCUT2D eigenvalue weighted by atomic mass is 9.98. The average molecular weight is 269 g/mol. The molecule has 0 aromatic heterocycles. The van der Waals surface area contributed by atoms with Gasteiger partial charge in [0.15, 0.2) is 9.84 Å². The molecule has 18 heavy (non-hydrogen) atoms. The van der Waals surface area contributed by atoms with Gasteiger partial charge in [-0.2, -0.15) is 0 Å². The molecule has 0 unspecified atom stereocenters. The van der Waals surface area contributed by atoms with Gasteiger partial charge in [0, 0.05) is 11.2 Å². The van der Waals surface area contributed by atoms with E-state index in [1.54, 1.807) is 19.1 Å². The predicted molar refractivity (Wildman–Crippen MR) is 76.8 cm³/mol. The van der Waals surface area contributed by atoms with Gasteiger partial charge in [-0.05, 0) is 44.5 Å². The summed E-state index contributed by atoms with van der Waals surface area (Å²) in [5.74, 6) is 0.140. The van der Waals surface area contributed by atoms with Crippen LogP contribution in [0.15, 0.2) is 29.2 Å². The van der Waals surface area contributed by atoms with Crippen LogP contribution in [0, 0.1) is 0 Å². The molecule has 0 atom stereocenters. The Morgan fingerprint density at radius 2 is 1.67 bits per heavy atom. The third-order valence-electron chi connectivity index (χ3n) is 2.95. The quantitative estimate of drug-likeness (QED) is 0.860. The summed E-state index contributed by atoms with van der Waals surface area (Å²) >= 11 is 0. The molecule has 0 saturated carbocycles.